The first-order valence-corrected chi connectivity index (χ1v) is 5.14. The molecule has 1 atom stereocenters. The lowest BCUT2D eigenvalue weighted by Crippen LogP contribution is -2.21. The summed E-state index contributed by atoms with van der Waals surface area (Å²) in [5, 5.41) is 0. The first-order chi connectivity index (χ1) is 5.81. The summed E-state index contributed by atoms with van der Waals surface area (Å²) in [5.74, 6) is 0. The van der Waals surface area contributed by atoms with E-state index in [1.165, 1.54) is 19.3 Å². The van der Waals surface area contributed by atoms with Crippen LogP contribution in [-0.2, 0) is 4.74 Å². The van der Waals surface area contributed by atoms with Crippen LogP contribution in [0.3, 0.4) is 0 Å². The van der Waals surface area contributed by atoms with Crippen LogP contribution in [0.4, 0.5) is 0 Å². The third-order valence-electron chi connectivity index (χ3n) is 1.93. The molecule has 0 aromatic heterocycles. The molecule has 0 aliphatic carbocycles. The van der Waals surface area contributed by atoms with E-state index in [9.17, 15) is 0 Å². The molecule has 2 heteroatoms. The Morgan fingerprint density at radius 2 is 1.83 bits per heavy atom. The molecular weight excluding hydrogens is 150 g/mol. The summed E-state index contributed by atoms with van der Waals surface area (Å²) in [4.78, 5) is 0. The van der Waals surface area contributed by atoms with Crippen molar-refractivity contribution < 1.29 is 4.74 Å². The van der Waals surface area contributed by atoms with Gasteiger partial charge in [0.25, 0.3) is 0 Å². The van der Waals surface area contributed by atoms with E-state index >= 15 is 0 Å². The monoisotopic (exact) mass is 173 g/mol. The van der Waals surface area contributed by atoms with Crippen LogP contribution >= 0.6 is 0 Å². The molecule has 0 fully saturated rings. The molecular formula is C10H23NO. The molecule has 2 nitrogen and oxygen atoms in total. The quantitative estimate of drug-likeness (QED) is 0.572. The van der Waals surface area contributed by atoms with Gasteiger partial charge in [0.2, 0.25) is 0 Å². The highest BCUT2D eigenvalue weighted by Crippen LogP contribution is 1.99. The van der Waals surface area contributed by atoms with Crippen LogP contribution < -0.4 is 5.73 Å². The summed E-state index contributed by atoms with van der Waals surface area (Å²) in [6, 6.07) is 0.344. The fourth-order valence-electron chi connectivity index (χ4n) is 1.10. The lowest BCUT2D eigenvalue weighted by molar-refractivity contribution is 0.123. The van der Waals surface area contributed by atoms with Gasteiger partial charge in [-0.05, 0) is 19.3 Å². The summed E-state index contributed by atoms with van der Waals surface area (Å²) in [7, 11) is 0. The fourth-order valence-corrected chi connectivity index (χ4v) is 1.10. The van der Waals surface area contributed by atoms with Crippen LogP contribution in [-0.4, -0.2) is 19.3 Å². The highest BCUT2D eigenvalue weighted by Gasteiger charge is 1.99. The Morgan fingerprint density at radius 3 is 2.42 bits per heavy atom. The SMILES string of the molecule is CCCCOCCC(N)CCC. The van der Waals surface area contributed by atoms with E-state index < -0.39 is 0 Å². The van der Waals surface area contributed by atoms with E-state index in [0.29, 0.717) is 6.04 Å². The van der Waals surface area contributed by atoms with E-state index in [-0.39, 0.29) is 0 Å². The molecule has 0 bridgehead atoms. The zero-order valence-corrected chi connectivity index (χ0v) is 8.51. The highest BCUT2D eigenvalue weighted by molar-refractivity contribution is 4.58. The second-order valence-corrected chi connectivity index (χ2v) is 3.30. The fraction of sp³-hybridized carbons (Fsp3) is 1.00. The molecule has 0 aromatic rings. The molecule has 1 unspecified atom stereocenters. The van der Waals surface area contributed by atoms with Crippen molar-refractivity contribution in [1.82, 2.24) is 0 Å². The maximum atomic E-state index is 5.82. The van der Waals surface area contributed by atoms with Gasteiger partial charge in [0.05, 0.1) is 0 Å². The first-order valence-electron chi connectivity index (χ1n) is 5.14. The minimum atomic E-state index is 0.344. The molecule has 0 saturated carbocycles. The largest absolute Gasteiger partial charge is 0.381 e. The van der Waals surface area contributed by atoms with Crippen LogP contribution in [0.5, 0.6) is 0 Å². The Labute approximate surface area is 76.5 Å². The Morgan fingerprint density at radius 1 is 1.08 bits per heavy atom. The van der Waals surface area contributed by atoms with E-state index in [1.807, 2.05) is 0 Å². The maximum absolute atomic E-state index is 5.82. The standard InChI is InChI=1S/C10H23NO/c1-3-5-8-12-9-7-10(11)6-4-2/h10H,3-9,11H2,1-2H3. The number of nitrogens with two attached hydrogens (primary N) is 1. The second kappa shape index (κ2) is 9.01. The van der Waals surface area contributed by atoms with E-state index in [0.717, 1.165) is 26.1 Å². The highest BCUT2D eigenvalue weighted by atomic mass is 16.5. The molecule has 0 spiro atoms. The molecule has 0 aliphatic rings. The Balaban J connectivity index is 2.97. The third-order valence-corrected chi connectivity index (χ3v) is 1.93. The van der Waals surface area contributed by atoms with Gasteiger partial charge in [0, 0.05) is 19.3 Å². The summed E-state index contributed by atoms with van der Waals surface area (Å²) in [6.07, 6.45) is 5.69. The van der Waals surface area contributed by atoms with Crippen molar-refractivity contribution >= 4 is 0 Å². The van der Waals surface area contributed by atoms with Crippen molar-refractivity contribution in [3.8, 4) is 0 Å². The van der Waals surface area contributed by atoms with Crippen LogP contribution in [0.25, 0.3) is 0 Å². The topological polar surface area (TPSA) is 35.2 Å². The van der Waals surface area contributed by atoms with E-state index in [4.69, 9.17) is 10.5 Å². The van der Waals surface area contributed by atoms with Crippen LogP contribution in [0.2, 0.25) is 0 Å². The van der Waals surface area contributed by atoms with Crippen LogP contribution in [0.1, 0.15) is 46.0 Å². The van der Waals surface area contributed by atoms with Gasteiger partial charge < -0.3 is 10.5 Å². The van der Waals surface area contributed by atoms with E-state index in [2.05, 4.69) is 13.8 Å². The normalized spacial score (nSPS) is 13.2. The predicted octanol–water partition coefficient (Wildman–Crippen LogP) is 2.32. The lowest BCUT2D eigenvalue weighted by atomic mass is 10.1. The predicted molar refractivity (Wildman–Crippen MR) is 53.2 cm³/mol. The summed E-state index contributed by atoms with van der Waals surface area (Å²) >= 11 is 0. The zero-order valence-electron chi connectivity index (χ0n) is 8.51. The van der Waals surface area contributed by atoms with Gasteiger partial charge in [0.1, 0.15) is 0 Å². The molecule has 2 N–H and O–H groups in total. The molecule has 74 valence electrons. The molecule has 0 aliphatic heterocycles. The molecule has 0 aromatic carbocycles. The van der Waals surface area contributed by atoms with Gasteiger partial charge in [-0.3, -0.25) is 0 Å². The van der Waals surface area contributed by atoms with Crippen molar-refractivity contribution in [2.24, 2.45) is 5.73 Å². The van der Waals surface area contributed by atoms with Crippen molar-refractivity contribution in [2.45, 2.75) is 52.0 Å². The molecule has 0 saturated heterocycles. The minimum absolute atomic E-state index is 0.344. The van der Waals surface area contributed by atoms with Crippen molar-refractivity contribution in [1.29, 1.82) is 0 Å². The average Bonchev–Trinajstić information content (AvgIpc) is 2.05. The van der Waals surface area contributed by atoms with Gasteiger partial charge in [-0.15, -0.1) is 0 Å². The molecule has 0 rings (SSSR count). The van der Waals surface area contributed by atoms with Gasteiger partial charge in [-0.25, -0.2) is 0 Å². The lowest BCUT2D eigenvalue weighted by Gasteiger charge is -2.09. The Kier molecular flexibility index (Phi) is 8.95. The summed E-state index contributed by atoms with van der Waals surface area (Å²) < 4.78 is 5.41. The molecule has 0 radical (unpaired) electrons. The van der Waals surface area contributed by atoms with Crippen molar-refractivity contribution in [2.75, 3.05) is 13.2 Å². The van der Waals surface area contributed by atoms with Gasteiger partial charge >= 0.3 is 0 Å². The first kappa shape index (κ1) is 11.9. The zero-order chi connectivity index (χ0) is 9.23. The molecule has 0 amide bonds. The van der Waals surface area contributed by atoms with Gasteiger partial charge in [-0.1, -0.05) is 26.7 Å². The number of ether oxygens (including phenoxy) is 1. The summed E-state index contributed by atoms with van der Waals surface area (Å²) in [5.41, 5.74) is 5.82. The second-order valence-electron chi connectivity index (χ2n) is 3.30. The number of hydrogen-bond acceptors (Lipinski definition) is 2. The average molecular weight is 173 g/mol. The van der Waals surface area contributed by atoms with Gasteiger partial charge in [0.15, 0.2) is 0 Å². The van der Waals surface area contributed by atoms with E-state index in [1.54, 1.807) is 0 Å². The van der Waals surface area contributed by atoms with Crippen molar-refractivity contribution in [3.05, 3.63) is 0 Å². The van der Waals surface area contributed by atoms with Crippen molar-refractivity contribution in [3.63, 3.8) is 0 Å². The van der Waals surface area contributed by atoms with Crippen LogP contribution in [0, 0.1) is 0 Å². The van der Waals surface area contributed by atoms with Gasteiger partial charge in [-0.2, -0.15) is 0 Å². The summed E-state index contributed by atoms with van der Waals surface area (Å²) in [6.45, 7) is 6.07. The smallest absolute Gasteiger partial charge is 0.0480 e. The molecule has 0 heterocycles. The number of unbranched alkanes of at least 4 members (excludes halogenated alkanes) is 1. The Hall–Kier alpha value is -0.0800. The third kappa shape index (κ3) is 8.02. The Bertz CT molecular complexity index is 85.9. The maximum Gasteiger partial charge on any atom is 0.0480 e. The number of rotatable bonds is 8. The molecule has 12 heavy (non-hydrogen) atoms. The minimum Gasteiger partial charge on any atom is -0.381 e. The van der Waals surface area contributed by atoms with Crippen LogP contribution in [0.15, 0.2) is 0 Å². The number of hydrogen-bond donors (Lipinski definition) is 1.